The van der Waals surface area contributed by atoms with Crippen LogP contribution < -0.4 is 15.4 Å². The van der Waals surface area contributed by atoms with Crippen molar-refractivity contribution >= 4 is 51.6 Å². The second-order valence-corrected chi connectivity index (χ2v) is 9.98. The summed E-state index contributed by atoms with van der Waals surface area (Å²) in [6.45, 7) is 4.33. The van der Waals surface area contributed by atoms with Crippen LogP contribution in [0.3, 0.4) is 0 Å². The van der Waals surface area contributed by atoms with Crippen LogP contribution in [0, 0.1) is 17.1 Å². The first-order chi connectivity index (χ1) is 18.9. The minimum Gasteiger partial charge on any atom is -0.489 e. The molecular formula is C28H28ClF2N5O4. The Labute approximate surface area is 235 Å². The summed E-state index contributed by atoms with van der Waals surface area (Å²) in [5, 5.41) is 15.7. The van der Waals surface area contributed by atoms with Gasteiger partial charge in [-0.05, 0) is 45.0 Å². The molecule has 0 unspecified atom stereocenters. The number of ether oxygens (including phenoxy) is 2. The zero-order valence-electron chi connectivity index (χ0n) is 22.3. The lowest BCUT2D eigenvalue weighted by atomic mass is 10.1. The predicted octanol–water partition coefficient (Wildman–Crippen LogP) is 6.35. The molecule has 0 aliphatic heterocycles. The SMILES string of the molecule is CN(C/C=C/C(=O)Nc1cc2c(Nc3ccc(F)c(Cl)c3)c(C#N)cnc2cc1OCCF)C(=O)OC(C)(C)C. The van der Waals surface area contributed by atoms with Crippen molar-refractivity contribution in [2.75, 3.05) is 37.5 Å². The lowest BCUT2D eigenvalue weighted by Crippen LogP contribution is -2.34. The number of benzene rings is 2. The zero-order chi connectivity index (χ0) is 29.4. The van der Waals surface area contributed by atoms with E-state index in [2.05, 4.69) is 21.7 Å². The van der Waals surface area contributed by atoms with Gasteiger partial charge in [-0.25, -0.2) is 13.6 Å². The van der Waals surface area contributed by atoms with Crippen molar-refractivity contribution in [1.82, 2.24) is 9.88 Å². The Hall–Kier alpha value is -4.43. The van der Waals surface area contributed by atoms with Gasteiger partial charge in [0, 0.05) is 43.0 Å². The number of amides is 2. The van der Waals surface area contributed by atoms with Crippen molar-refractivity contribution in [3.05, 3.63) is 65.1 Å². The molecule has 9 nitrogen and oxygen atoms in total. The Balaban J connectivity index is 1.92. The largest absolute Gasteiger partial charge is 0.489 e. The van der Waals surface area contributed by atoms with Gasteiger partial charge in [0.1, 0.15) is 36.5 Å². The first kappa shape index (κ1) is 30.1. The summed E-state index contributed by atoms with van der Waals surface area (Å²) in [4.78, 5) is 30.4. The molecule has 12 heteroatoms. The Morgan fingerprint density at radius 3 is 2.65 bits per heavy atom. The van der Waals surface area contributed by atoms with Gasteiger partial charge in [-0.1, -0.05) is 17.7 Å². The maximum absolute atomic E-state index is 13.7. The van der Waals surface area contributed by atoms with Crippen LogP contribution in [0.15, 0.2) is 48.7 Å². The molecule has 210 valence electrons. The second kappa shape index (κ2) is 13.1. The number of fused-ring (bicyclic) bond motifs is 1. The molecule has 0 aliphatic carbocycles. The minimum absolute atomic E-state index is 0.106. The Kier molecular flexibility index (Phi) is 9.85. The number of nitrogens with zero attached hydrogens (tertiary/aromatic N) is 3. The third-order valence-corrected chi connectivity index (χ3v) is 5.51. The van der Waals surface area contributed by atoms with E-state index in [4.69, 9.17) is 21.1 Å². The van der Waals surface area contributed by atoms with Gasteiger partial charge in [0.25, 0.3) is 0 Å². The highest BCUT2D eigenvalue weighted by Gasteiger charge is 2.19. The van der Waals surface area contributed by atoms with Crippen LogP contribution in [-0.2, 0) is 9.53 Å². The number of aromatic nitrogens is 1. The minimum atomic E-state index is -0.763. The highest BCUT2D eigenvalue weighted by molar-refractivity contribution is 6.31. The van der Waals surface area contributed by atoms with E-state index in [1.807, 2.05) is 0 Å². The lowest BCUT2D eigenvalue weighted by Gasteiger charge is -2.23. The molecule has 0 atom stereocenters. The second-order valence-electron chi connectivity index (χ2n) is 9.57. The van der Waals surface area contributed by atoms with Crippen LogP contribution in [0.5, 0.6) is 5.75 Å². The Morgan fingerprint density at radius 1 is 1.25 bits per heavy atom. The van der Waals surface area contributed by atoms with Crippen molar-refractivity contribution in [3.8, 4) is 11.8 Å². The summed E-state index contributed by atoms with van der Waals surface area (Å²) in [6, 6.07) is 9.09. The van der Waals surface area contributed by atoms with E-state index < -0.39 is 30.1 Å². The number of likely N-dealkylation sites (N-methyl/N-ethyl adjacent to an activating group) is 1. The molecule has 2 N–H and O–H groups in total. The molecule has 3 rings (SSSR count). The average Bonchev–Trinajstić information content (AvgIpc) is 2.88. The van der Waals surface area contributed by atoms with Gasteiger partial charge in [0.05, 0.1) is 27.5 Å². The maximum atomic E-state index is 13.7. The topological polar surface area (TPSA) is 117 Å². The number of halogens is 3. The summed E-state index contributed by atoms with van der Waals surface area (Å²) in [7, 11) is 1.53. The predicted molar refractivity (Wildman–Crippen MR) is 149 cm³/mol. The molecular weight excluding hydrogens is 544 g/mol. The molecule has 1 heterocycles. The number of rotatable bonds is 9. The molecule has 0 fully saturated rings. The quantitative estimate of drug-likeness (QED) is 0.287. The summed E-state index contributed by atoms with van der Waals surface area (Å²) in [6.07, 6.45) is 3.50. The van der Waals surface area contributed by atoms with Crippen LogP contribution in [0.1, 0.15) is 26.3 Å². The van der Waals surface area contributed by atoms with E-state index in [-0.39, 0.29) is 35.2 Å². The van der Waals surface area contributed by atoms with Gasteiger partial charge in [-0.2, -0.15) is 5.26 Å². The van der Waals surface area contributed by atoms with Crippen LogP contribution in [-0.4, -0.2) is 54.4 Å². The van der Waals surface area contributed by atoms with E-state index in [1.165, 1.54) is 60.6 Å². The van der Waals surface area contributed by atoms with Crippen LogP contribution >= 0.6 is 11.6 Å². The van der Waals surface area contributed by atoms with Gasteiger partial charge in [0.2, 0.25) is 5.91 Å². The number of nitrogens with one attached hydrogen (secondary N) is 2. The van der Waals surface area contributed by atoms with Gasteiger partial charge >= 0.3 is 6.09 Å². The van der Waals surface area contributed by atoms with Crippen LogP contribution in [0.25, 0.3) is 10.9 Å². The molecule has 2 aromatic carbocycles. The monoisotopic (exact) mass is 571 g/mol. The zero-order valence-corrected chi connectivity index (χ0v) is 23.1. The van der Waals surface area contributed by atoms with Crippen molar-refractivity contribution in [1.29, 1.82) is 5.26 Å². The highest BCUT2D eigenvalue weighted by atomic mass is 35.5. The van der Waals surface area contributed by atoms with E-state index in [0.717, 1.165) is 0 Å². The van der Waals surface area contributed by atoms with Gasteiger partial charge in [0.15, 0.2) is 0 Å². The molecule has 3 aromatic rings. The lowest BCUT2D eigenvalue weighted by molar-refractivity contribution is -0.112. The number of alkyl halides is 1. The molecule has 0 spiro atoms. The van der Waals surface area contributed by atoms with Crippen molar-refractivity contribution < 1.29 is 27.8 Å². The fourth-order valence-electron chi connectivity index (χ4n) is 3.43. The summed E-state index contributed by atoms with van der Waals surface area (Å²) < 4.78 is 37.3. The third kappa shape index (κ3) is 8.04. The first-order valence-electron chi connectivity index (χ1n) is 12.1. The first-order valence-corrected chi connectivity index (χ1v) is 12.5. The number of nitriles is 1. The van der Waals surface area contributed by atoms with E-state index >= 15 is 0 Å². The van der Waals surface area contributed by atoms with Gasteiger partial charge in [-0.15, -0.1) is 0 Å². The van der Waals surface area contributed by atoms with Gasteiger partial charge < -0.3 is 25.0 Å². The van der Waals surface area contributed by atoms with E-state index in [9.17, 15) is 23.6 Å². The fraction of sp³-hybridized carbons (Fsp3) is 0.286. The normalized spacial score (nSPS) is 11.2. The number of hydrogen-bond donors (Lipinski definition) is 2. The number of carbonyl (C=O) groups is 2. The summed E-state index contributed by atoms with van der Waals surface area (Å²) >= 11 is 5.91. The summed E-state index contributed by atoms with van der Waals surface area (Å²) in [5.74, 6) is -0.991. The molecule has 0 saturated heterocycles. The standard InChI is InChI=1S/C28H28ClF2N5O4/c1-28(2,3)40-27(38)36(4)10-5-6-25(37)35-23-13-19-22(14-24(23)39-11-9-30)33-16-17(15-32)26(19)34-18-7-8-21(31)20(29)12-18/h5-8,12-14,16H,9-11H2,1-4H3,(H,33,34)(H,35,37)/b6-5+. The molecule has 1 aromatic heterocycles. The molecule has 0 saturated carbocycles. The molecule has 40 heavy (non-hydrogen) atoms. The van der Waals surface area contributed by atoms with E-state index in [0.29, 0.717) is 22.3 Å². The third-order valence-electron chi connectivity index (χ3n) is 5.22. The van der Waals surface area contributed by atoms with Crippen molar-refractivity contribution in [2.24, 2.45) is 0 Å². The van der Waals surface area contributed by atoms with Crippen molar-refractivity contribution in [3.63, 3.8) is 0 Å². The van der Waals surface area contributed by atoms with Crippen LogP contribution in [0.4, 0.5) is 30.6 Å². The summed E-state index contributed by atoms with van der Waals surface area (Å²) in [5.41, 5.74) is 0.833. The average molecular weight is 572 g/mol. The number of pyridine rings is 1. The highest BCUT2D eigenvalue weighted by Crippen LogP contribution is 2.36. The number of anilines is 3. The van der Waals surface area contributed by atoms with E-state index in [1.54, 1.807) is 20.8 Å². The van der Waals surface area contributed by atoms with Crippen LogP contribution in [0.2, 0.25) is 5.02 Å². The molecule has 0 radical (unpaired) electrons. The number of carbonyl (C=O) groups excluding carboxylic acids is 2. The van der Waals surface area contributed by atoms with Gasteiger partial charge in [-0.3, -0.25) is 9.78 Å². The Bertz CT molecular complexity index is 1480. The smallest absolute Gasteiger partial charge is 0.410 e. The molecule has 0 bridgehead atoms. The molecule has 0 aliphatic rings. The maximum Gasteiger partial charge on any atom is 0.410 e. The molecule has 2 amide bonds. The van der Waals surface area contributed by atoms with Crippen molar-refractivity contribution in [2.45, 2.75) is 26.4 Å². The fourth-order valence-corrected chi connectivity index (χ4v) is 3.61. The Morgan fingerprint density at radius 2 is 2.00 bits per heavy atom. The number of hydrogen-bond acceptors (Lipinski definition) is 7.